The van der Waals surface area contributed by atoms with Crippen LogP contribution in [0.3, 0.4) is 0 Å². The van der Waals surface area contributed by atoms with E-state index in [0.29, 0.717) is 37.0 Å². The molecule has 0 aromatic carbocycles. The fourth-order valence-electron chi connectivity index (χ4n) is 4.18. The minimum atomic E-state index is -4.21. The quantitative estimate of drug-likeness (QED) is 0.583. The van der Waals surface area contributed by atoms with Gasteiger partial charge in [0, 0.05) is 23.7 Å². The molecule has 1 aliphatic carbocycles. The number of hydrogen-bond acceptors (Lipinski definition) is 5. The van der Waals surface area contributed by atoms with Crippen molar-refractivity contribution >= 4 is 28.2 Å². The molecular weight excluding hydrogens is 401 g/mol. The Morgan fingerprint density at radius 2 is 2.10 bits per heavy atom. The summed E-state index contributed by atoms with van der Waals surface area (Å²) in [6.07, 6.45) is 1.40. The SMILES string of the molecule is COC(=O)NCc1nc2cnc3[nH]ccc3c2n1[C@H]1CC[C@H](NCC(F)(F)F)CC1. The first-order valence-corrected chi connectivity index (χ1v) is 9.80. The average Bonchev–Trinajstić information content (AvgIpc) is 3.34. The van der Waals surface area contributed by atoms with Crippen molar-refractivity contribution in [2.45, 2.75) is 50.5 Å². The van der Waals surface area contributed by atoms with Crippen LogP contribution < -0.4 is 10.6 Å². The number of carbonyl (C=O) groups is 1. The van der Waals surface area contributed by atoms with Crippen molar-refractivity contribution < 1.29 is 22.7 Å². The standard InChI is InChI=1S/C19H23F3N6O2/c1-30-18(29)25-9-15-27-14-8-24-17-13(6-7-23-17)16(14)28(15)12-4-2-11(3-5-12)26-10-19(20,21)22/h6-8,11-12,26H,2-5,9-10H2,1H3,(H,23,24)(H,25,29)/t11-,12-. The van der Waals surface area contributed by atoms with E-state index in [1.165, 1.54) is 7.11 Å². The molecule has 0 spiro atoms. The number of methoxy groups -OCH3 is 1. The number of rotatable bonds is 5. The molecule has 0 atom stereocenters. The molecule has 11 heteroatoms. The molecule has 0 bridgehead atoms. The number of pyridine rings is 1. The molecule has 3 aromatic heterocycles. The van der Waals surface area contributed by atoms with Gasteiger partial charge < -0.3 is 24.9 Å². The van der Waals surface area contributed by atoms with Crippen LogP contribution in [-0.2, 0) is 11.3 Å². The Bertz CT molecular complexity index is 1040. The summed E-state index contributed by atoms with van der Waals surface area (Å²) in [6, 6.07) is 1.83. The number of aromatic nitrogens is 4. The molecule has 0 aliphatic heterocycles. The largest absolute Gasteiger partial charge is 0.453 e. The third-order valence-corrected chi connectivity index (χ3v) is 5.54. The summed E-state index contributed by atoms with van der Waals surface area (Å²) in [4.78, 5) is 23.7. The summed E-state index contributed by atoms with van der Waals surface area (Å²) in [6.45, 7) is -0.792. The van der Waals surface area contributed by atoms with Crippen molar-refractivity contribution in [3.8, 4) is 0 Å². The average molecular weight is 424 g/mol. The summed E-state index contributed by atoms with van der Waals surface area (Å²) in [7, 11) is 1.29. The lowest BCUT2D eigenvalue weighted by molar-refractivity contribution is -0.126. The number of halogens is 3. The van der Waals surface area contributed by atoms with Crippen molar-refractivity contribution in [2.75, 3.05) is 13.7 Å². The van der Waals surface area contributed by atoms with Gasteiger partial charge in [-0.1, -0.05) is 0 Å². The number of nitrogens with one attached hydrogen (secondary N) is 3. The van der Waals surface area contributed by atoms with E-state index in [-0.39, 0.29) is 18.6 Å². The van der Waals surface area contributed by atoms with Gasteiger partial charge in [0.2, 0.25) is 0 Å². The Kier molecular flexibility index (Phi) is 5.54. The third-order valence-electron chi connectivity index (χ3n) is 5.54. The first kappa shape index (κ1) is 20.5. The smallest absolute Gasteiger partial charge is 0.407 e. The van der Waals surface area contributed by atoms with Crippen LogP contribution in [0, 0.1) is 0 Å². The maximum atomic E-state index is 12.5. The number of nitrogens with zero attached hydrogens (tertiary/aromatic N) is 3. The molecule has 1 fully saturated rings. The predicted octanol–water partition coefficient (Wildman–Crippen LogP) is 3.40. The van der Waals surface area contributed by atoms with Gasteiger partial charge in [-0.2, -0.15) is 13.2 Å². The molecule has 4 rings (SSSR count). The summed E-state index contributed by atoms with van der Waals surface area (Å²) in [5, 5.41) is 6.20. The number of imidazole rings is 1. The van der Waals surface area contributed by atoms with Crippen LogP contribution in [0.5, 0.6) is 0 Å². The topological polar surface area (TPSA) is 96.9 Å². The Balaban J connectivity index is 1.61. The van der Waals surface area contributed by atoms with Crippen LogP contribution in [0.1, 0.15) is 37.5 Å². The van der Waals surface area contributed by atoms with Gasteiger partial charge in [-0.3, -0.25) is 0 Å². The van der Waals surface area contributed by atoms with E-state index in [9.17, 15) is 18.0 Å². The highest BCUT2D eigenvalue weighted by Crippen LogP contribution is 2.35. The first-order valence-electron chi connectivity index (χ1n) is 9.80. The van der Waals surface area contributed by atoms with Crippen LogP contribution in [0.4, 0.5) is 18.0 Å². The summed E-state index contributed by atoms with van der Waals surface area (Å²) >= 11 is 0. The van der Waals surface area contributed by atoms with E-state index in [2.05, 4.69) is 34.9 Å². The molecule has 1 amide bonds. The highest BCUT2D eigenvalue weighted by molar-refractivity contribution is 6.01. The van der Waals surface area contributed by atoms with Gasteiger partial charge in [0.15, 0.2) is 0 Å². The molecule has 162 valence electrons. The molecule has 1 saturated carbocycles. The number of alkyl halides is 3. The zero-order valence-corrected chi connectivity index (χ0v) is 16.4. The summed E-state index contributed by atoms with van der Waals surface area (Å²) in [5.74, 6) is 0.664. The second kappa shape index (κ2) is 8.13. The molecule has 8 nitrogen and oxygen atoms in total. The Morgan fingerprint density at radius 1 is 1.33 bits per heavy atom. The molecule has 0 saturated heterocycles. The minimum Gasteiger partial charge on any atom is -0.453 e. The van der Waals surface area contributed by atoms with Crippen LogP contribution in [0.15, 0.2) is 18.5 Å². The normalized spacial score (nSPS) is 20.0. The van der Waals surface area contributed by atoms with Crippen molar-refractivity contribution in [1.29, 1.82) is 0 Å². The molecule has 0 unspecified atom stereocenters. The second-order valence-electron chi connectivity index (χ2n) is 7.48. The fourth-order valence-corrected chi connectivity index (χ4v) is 4.18. The number of fused-ring (bicyclic) bond motifs is 3. The van der Waals surface area contributed by atoms with Crippen LogP contribution in [0.25, 0.3) is 22.1 Å². The van der Waals surface area contributed by atoms with Crippen molar-refractivity contribution in [1.82, 2.24) is 30.2 Å². The highest BCUT2D eigenvalue weighted by Gasteiger charge is 2.31. The maximum absolute atomic E-state index is 12.5. The number of aromatic amines is 1. The first-order chi connectivity index (χ1) is 14.4. The minimum absolute atomic E-state index is 0.0638. The van der Waals surface area contributed by atoms with Crippen molar-refractivity contribution in [3.05, 3.63) is 24.3 Å². The molecule has 3 N–H and O–H groups in total. The van der Waals surface area contributed by atoms with Gasteiger partial charge in [0.25, 0.3) is 0 Å². The van der Waals surface area contributed by atoms with Crippen LogP contribution >= 0.6 is 0 Å². The van der Waals surface area contributed by atoms with Gasteiger partial charge in [-0.05, 0) is 31.7 Å². The lowest BCUT2D eigenvalue weighted by Crippen LogP contribution is -2.39. The number of hydrogen-bond donors (Lipinski definition) is 3. The molecule has 3 heterocycles. The van der Waals surface area contributed by atoms with Crippen molar-refractivity contribution in [3.63, 3.8) is 0 Å². The van der Waals surface area contributed by atoms with E-state index < -0.39 is 18.8 Å². The predicted molar refractivity (Wildman–Crippen MR) is 104 cm³/mol. The second-order valence-corrected chi connectivity index (χ2v) is 7.48. The zero-order chi connectivity index (χ0) is 21.3. The van der Waals surface area contributed by atoms with Gasteiger partial charge in [0.1, 0.15) is 17.0 Å². The number of H-pyrrole nitrogens is 1. The van der Waals surface area contributed by atoms with Crippen molar-refractivity contribution in [2.24, 2.45) is 0 Å². The lowest BCUT2D eigenvalue weighted by Gasteiger charge is -2.31. The van der Waals surface area contributed by atoms with E-state index >= 15 is 0 Å². The van der Waals surface area contributed by atoms with E-state index in [1.54, 1.807) is 12.4 Å². The van der Waals surface area contributed by atoms with E-state index in [4.69, 9.17) is 0 Å². The molecular formula is C19H23F3N6O2. The summed E-state index contributed by atoms with van der Waals surface area (Å²) < 4.78 is 44.3. The Morgan fingerprint density at radius 3 is 2.80 bits per heavy atom. The molecule has 30 heavy (non-hydrogen) atoms. The fraction of sp³-hybridized carbons (Fsp3) is 0.526. The lowest BCUT2D eigenvalue weighted by atomic mass is 9.90. The number of amides is 1. The Hall–Kier alpha value is -2.82. The van der Waals surface area contributed by atoms with Crippen LogP contribution in [0.2, 0.25) is 0 Å². The van der Waals surface area contributed by atoms with Gasteiger partial charge in [-0.15, -0.1) is 0 Å². The van der Waals surface area contributed by atoms with Gasteiger partial charge in [0.05, 0.1) is 31.9 Å². The third kappa shape index (κ3) is 4.20. The Labute approximate surface area is 170 Å². The van der Waals surface area contributed by atoms with Gasteiger partial charge in [-0.25, -0.2) is 14.8 Å². The highest BCUT2D eigenvalue weighted by atomic mass is 19.4. The van der Waals surface area contributed by atoms with E-state index in [1.807, 2.05) is 6.07 Å². The monoisotopic (exact) mass is 424 g/mol. The molecule has 3 aromatic rings. The molecule has 0 radical (unpaired) electrons. The number of ether oxygens (including phenoxy) is 1. The number of alkyl carbamates (subject to hydrolysis) is 1. The molecule has 1 aliphatic rings. The summed E-state index contributed by atoms with van der Waals surface area (Å²) in [5.41, 5.74) is 2.35. The van der Waals surface area contributed by atoms with Crippen LogP contribution in [-0.4, -0.2) is 51.5 Å². The van der Waals surface area contributed by atoms with Gasteiger partial charge >= 0.3 is 12.3 Å². The zero-order valence-electron chi connectivity index (χ0n) is 16.4. The number of carbonyl (C=O) groups excluding carboxylic acids is 1. The maximum Gasteiger partial charge on any atom is 0.407 e. The van der Waals surface area contributed by atoms with E-state index in [0.717, 1.165) is 16.6 Å².